The average molecular weight is 261 g/mol. The highest BCUT2D eigenvalue weighted by atomic mass is 32.2. The Morgan fingerprint density at radius 3 is 2.29 bits per heavy atom. The first kappa shape index (κ1) is 13.0. The number of rotatable bonds is 4. The third-order valence-electron chi connectivity index (χ3n) is 1.92. The first-order valence-electron chi connectivity index (χ1n) is 4.11. The molecule has 0 heterocycles. The minimum Gasteiger partial charge on any atom is -0.393 e. The molecular weight excluding hydrogens is 254 g/mol. The van der Waals surface area contributed by atoms with E-state index in [1.54, 1.807) is 0 Å². The van der Waals surface area contributed by atoms with Crippen molar-refractivity contribution in [1.82, 2.24) is 0 Å². The monoisotopic (exact) mass is 261 g/mol. The number of nitrogens with zero attached hydrogens (tertiary/aromatic N) is 2. The molecule has 0 saturated heterocycles. The first-order chi connectivity index (χ1) is 7.82. The molecule has 1 aromatic rings. The predicted molar refractivity (Wildman–Crippen MR) is 58.6 cm³/mol. The molecule has 10 heteroatoms. The summed E-state index contributed by atoms with van der Waals surface area (Å²) in [6.07, 6.45) is 0. The molecule has 0 radical (unpaired) electrons. The van der Waals surface area contributed by atoms with E-state index in [1.165, 1.54) is 0 Å². The lowest BCUT2D eigenvalue weighted by atomic mass is 10.1. The van der Waals surface area contributed by atoms with Gasteiger partial charge in [-0.15, -0.1) is 0 Å². The lowest BCUT2D eigenvalue weighted by molar-refractivity contribution is -0.393. The van der Waals surface area contributed by atoms with Crippen molar-refractivity contribution in [2.75, 3.05) is 5.73 Å². The molecular formula is C7H7N3O6S. The number of hydrogen-bond donors (Lipinski definition) is 2. The van der Waals surface area contributed by atoms with Crippen molar-refractivity contribution < 1.29 is 18.6 Å². The summed E-state index contributed by atoms with van der Waals surface area (Å²) >= 11 is -2.30. The van der Waals surface area contributed by atoms with Crippen LogP contribution in [0.15, 0.2) is 12.1 Å². The molecule has 17 heavy (non-hydrogen) atoms. The van der Waals surface area contributed by atoms with Crippen LogP contribution in [-0.4, -0.2) is 18.6 Å². The molecule has 0 aliphatic carbocycles. The van der Waals surface area contributed by atoms with Gasteiger partial charge in [0, 0.05) is 11.6 Å². The standard InChI is InChI=1S/C7H7N3O6S/c8-7-4(3-17(15)16)1-5(9(11)12)2-6(7)10(13)14/h1-2H,3,8H2,(H,15,16). The number of anilines is 1. The molecule has 92 valence electrons. The Morgan fingerprint density at radius 1 is 1.29 bits per heavy atom. The van der Waals surface area contributed by atoms with Gasteiger partial charge in [-0.25, -0.2) is 4.21 Å². The van der Waals surface area contributed by atoms with E-state index in [0.717, 1.165) is 6.07 Å². The van der Waals surface area contributed by atoms with Gasteiger partial charge in [-0.2, -0.15) is 0 Å². The number of benzene rings is 1. The maximum Gasteiger partial charge on any atom is 0.299 e. The summed E-state index contributed by atoms with van der Waals surface area (Å²) in [6.45, 7) is 0. The second-order valence-electron chi connectivity index (χ2n) is 3.02. The van der Waals surface area contributed by atoms with E-state index < -0.39 is 38.1 Å². The average Bonchev–Trinajstić information content (AvgIpc) is 2.19. The van der Waals surface area contributed by atoms with E-state index in [4.69, 9.17) is 10.3 Å². The van der Waals surface area contributed by atoms with Crippen molar-refractivity contribution in [1.29, 1.82) is 0 Å². The highest BCUT2D eigenvalue weighted by molar-refractivity contribution is 7.78. The fourth-order valence-electron chi connectivity index (χ4n) is 1.19. The maximum atomic E-state index is 10.6. The van der Waals surface area contributed by atoms with Gasteiger partial charge in [-0.05, 0) is 0 Å². The van der Waals surface area contributed by atoms with E-state index in [1.807, 2.05) is 0 Å². The summed E-state index contributed by atoms with van der Waals surface area (Å²) in [4.78, 5) is 19.4. The minimum atomic E-state index is -2.30. The van der Waals surface area contributed by atoms with Crippen molar-refractivity contribution in [2.24, 2.45) is 0 Å². The Balaban J connectivity index is 3.42. The Bertz CT molecular complexity index is 517. The zero-order valence-corrected chi connectivity index (χ0v) is 9.05. The van der Waals surface area contributed by atoms with Gasteiger partial charge >= 0.3 is 0 Å². The maximum absolute atomic E-state index is 10.6. The van der Waals surface area contributed by atoms with Crippen molar-refractivity contribution in [2.45, 2.75) is 5.75 Å². The summed E-state index contributed by atoms with van der Waals surface area (Å²) in [6, 6.07) is 1.65. The van der Waals surface area contributed by atoms with Crippen LogP contribution < -0.4 is 5.73 Å². The zero-order valence-electron chi connectivity index (χ0n) is 8.23. The van der Waals surface area contributed by atoms with Crippen LogP contribution in [0, 0.1) is 20.2 Å². The molecule has 1 aromatic carbocycles. The van der Waals surface area contributed by atoms with Gasteiger partial charge < -0.3 is 10.3 Å². The number of nitrogen functional groups attached to an aromatic ring is 1. The Hall–Kier alpha value is -2.07. The van der Waals surface area contributed by atoms with Crippen molar-refractivity contribution in [3.8, 4) is 0 Å². The van der Waals surface area contributed by atoms with Gasteiger partial charge in [0.05, 0.1) is 21.7 Å². The first-order valence-corrected chi connectivity index (χ1v) is 5.39. The molecule has 0 amide bonds. The fourth-order valence-corrected chi connectivity index (χ4v) is 1.69. The van der Waals surface area contributed by atoms with E-state index in [9.17, 15) is 24.4 Å². The molecule has 0 saturated carbocycles. The third kappa shape index (κ3) is 2.95. The fraction of sp³-hybridized carbons (Fsp3) is 0.143. The Kier molecular flexibility index (Phi) is 3.70. The van der Waals surface area contributed by atoms with Gasteiger partial charge in [-0.3, -0.25) is 20.2 Å². The molecule has 0 fully saturated rings. The lowest BCUT2D eigenvalue weighted by Crippen LogP contribution is -2.04. The van der Waals surface area contributed by atoms with E-state index in [-0.39, 0.29) is 11.3 Å². The van der Waals surface area contributed by atoms with E-state index in [2.05, 4.69) is 0 Å². The topological polar surface area (TPSA) is 150 Å². The second kappa shape index (κ2) is 4.84. The predicted octanol–water partition coefficient (Wildman–Crippen LogP) is 0.807. The second-order valence-corrected chi connectivity index (χ2v) is 3.95. The Morgan fingerprint density at radius 2 is 1.88 bits per heavy atom. The molecule has 1 rings (SSSR count). The normalized spacial score (nSPS) is 12.1. The van der Waals surface area contributed by atoms with Crippen LogP contribution in [0.5, 0.6) is 0 Å². The molecule has 0 aromatic heterocycles. The Labute approximate surface area is 96.8 Å². The number of nitro groups is 2. The number of non-ortho nitro benzene ring substituents is 1. The largest absolute Gasteiger partial charge is 0.393 e. The number of nitro benzene ring substituents is 2. The number of nitrogens with two attached hydrogens (primary N) is 1. The summed E-state index contributed by atoms with van der Waals surface area (Å²) in [5, 5.41) is 21.1. The third-order valence-corrected chi connectivity index (χ3v) is 2.47. The van der Waals surface area contributed by atoms with Crippen LogP contribution in [0.3, 0.4) is 0 Å². The molecule has 1 atom stereocenters. The SMILES string of the molecule is Nc1c(CS(=O)O)cc([N+](=O)[O-])cc1[N+](=O)[O-]. The lowest BCUT2D eigenvalue weighted by Gasteiger charge is -2.04. The minimum absolute atomic E-state index is 0.105. The van der Waals surface area contributed by atoms with Crippen molar-refractivity contribution >= 4 is 28.1 Å². The molecule has 0 spiro atoms. The smallest absolute Gasteiger partial charge is 0.299 e. The summed E-state index contributed by atoms with van der Waals surface area (Å²) in [5.74, 6) is -0.506. The highest BCUT2D eigenvalue weighted by Gasteiger charge is 2.22. The van der Waals surface area contributed by atoms with Gasteiger partial charge in [0.25, 0.3) is 11.4 Å². The molecule has 9 nitrogen and oxygen atoms in total. The zero-order chi connectivity index (χ0) is 13.2. The summed E-state index contributed by atoms with van der Waals surface area (Å²) in [7, 11) is 0. The number of hydrogen-bond acceptors (Lipinski definition) is 6. The van der Waals surface area contributed by atoms with Gasteiger partial charge in [0.2, 0.25) is 0 Å². The van der Waals surface area contributed by atoms with Crippen LogP contribution >= 0.6 is 0 Å². The van der Waals surface area contributed by atoms with Crippen molar-refractivity contribution in [3.63, 3.8) is 0 Å². The van der Waals surface area contributed by atoms with Crippen LogP contribution in [-0.2, 0) is 16.8 Å². The molecule has 0 aliphatic heterocycles. The van der Waals surface area contributed by atoms with Crippen LogP contribution in [0.2, 0.25) is 0 Å². The van der Waals surface area contributed by atoms with Crippen LogP contribution in [0.1, 0.15) is 5.56 Å². The van der Waals surface area contributed by atoms with Crippen molar-refractivity contribution in [3.05, 3.63) is 37.9 Å². The van der Waals surface area contributed by atoms with Crippen LogP contribution in [0.25, 0.3) is 0 Å². The quantitative estimate of drug-likeness (QED) is 0.352. The molecule has 0 bridgehead atoms. The molecule has 1 unspecified atom stereocenters. The van der Waals surface area contributed by atoms with Crippen LogP contribution in [0.4, 0.5) is 17.1 Å². The van der Waals surface area contributed by atoms with Gasteiger partial charge in [0.1, 0.15) is 5.69 Å². The molecule has 3 N–H and O–H groups in total. The van der Waals surface area contributed by atoms with E-state index >= 15 is 0 Å². The van der Waals surface area contributed by atoms with E-state index in [0.29, 0.717) is 6.07 Å². The summed E-state index contributed by atoms with van der Waals surface area (Å²) in [5.41, 5.74) is 3.74. The molecule has 0 aliphatic rings. The van der Waals surface area contributed by atoms with Gasteiger partial charge in [-0.1, -0.05) is 0 Å². The highest BCUT2D eigenvalue weighted by Crippen LogP contribution is 2.31. The summed E-state index contributed by atoms with van der Waals surface area (Å²) < 4.78 is 19.3. The van der Waals surface area contributed by atoms with Gasteiger partial charge in [0.15, 0.2) is 11.1 Å².